The third-order valence-corrected chi connectivity index (χ3v) is 3.59. The highest BCUT2D eigenvalue weighted by Crippen LogP contribution is 2.19. The van der Waals surface area contributed by atoms with E-state index >= 15 is 0 Å². The Kier molecular flexibility index (Phi) is 4.70. The molecule has 1 aromatic heterocycles. The minimum Gasteiger partial charge on any atom is -0.317 e. The van der Waals surface area contributed by atoms with Crippen molar-refractivity contribution in [3.63, 3.8) is 0 Å². The number of nitrogens with one attached hydrogen (secondary N) is 1. The highest BCUT2D eigenvalue weighted by molar-refractivity contribution is 5.91. The molecule has 0 bridgehead atoms. The van der Waals surface area contributed by atoms with Gasteiger partial charge in [0.15, 0.2) is 0 Å². The highest BCUT2D eigenvalue weighted by atomic mass is 16.2. The molecule has 0 radical (unpaired) electrons. The van der Waals surface area contributed by atoms with Gasteiger partial charge in [-0.2, -0.15) is 0 Å². The van der Waals surface area contributed by atoms with Gasteiger partial charge < -0.3 is 5.32 Å². The maximum Gasteiger partial charge on any atom is 0.227 e. The molecule has 1 N–H and O–H groups in total. The molecule has 2 heterocycles. The first kappa shape index (κ1) is 13.0. The molecule has 0 atom stereocenters. The van der Waals surface area contributed by atoms with Gasteiger partial charge in [-0.25, -0.2) is 4.98 Å². The quantitative estimate of drug-likeness (QED) is 0.882. The Balaban J connectivity index is 1.80. The summed E-state index contributed by atoms with van der Waals surface area (Å²) in [5, 5.41) is 3.35. The zero-order valence-electron chi connectivity index (χ0n) is 10.9. The molecule has 1 aliphatic heterocycles. The van der Waals surface area contributed by atoms with Crippen molar-refractivity contribution in [1.29, 1.82) is 0 Å². The summed E-state index contributed by atoms with van der Waals surface area (Å²) in [4.78, 5) is 17.9. The summed E-state index contributed by atoms with van der Waals surface area (Å²) in [6, 6.07) is 5.62. The Morgan fingerprint density at radius 3 is 2.89 bits per heavy atom. The van der Waals surface area contributed by atoms with Crippen LogP contribution in [0.4, 0.5) is 5.82 Å². The number of hydrogen-bond donors (Lipinski definition) is 1. The van der Waals surface area contributed by atoms with E-state index in [-0.39, 0.29) is 5.91 Å². The number of aromatic nitrogens is 1. The SMILES string of the molecule is CN(C(=O)CCC1CCNCC1)c1ccccn1. The van der Waals surface area contributed by atoms with Crippen molar-refractivity contribution in [1.82, 2.24) is 10.3 Å². The minimum atomic E-state index is 0.159. The number of nitrogens with zero attached hydrogens (tertiary/aromatic N) is 2. The van der Waals surface area contributed by atoms with Crippen molar-refractivity contribution in [3.8, 4) is 0 Å². The zero-order chi connectivity index (χ0) is 12.8. The van der Waals surface area contributed by atoms with Gasteiger partial charge in [0, 0.05) is 19.7 Å². The van der Waals surface area contributed by atoms with Crippen molar-refractivity contribution < 1.29 is 4.79 Å². The molecule has 1 fully saturated rings. The summed E-state index contributed by atoms with van der Waals surface area (Å²) in [7, 11) is 1.80. The number of anilines is 1. The molecule has 1 saturated heterocycles. The van der Waals surface area contributed by atoms with Gasteiger partial charge in [-0.05, 0) is 50.4 Å². The second kappa shape index (κ2) is 6.50. The predicted octanol–water partition coefficient (Wildman–Crippen LogP) is 1.82. The molecule has 0 aliphatic carbocycles. The number of carbonyl (C=O) groups excluding carboxylic acids is 1. The van der Waals surface area contributed by atoms with Crippen molar-refractivity contribution in [3.05, 3.63) is 24.4 Å². The van der Waals surface area contributed by atoms with Gasteiger partial charge in [-0.3, -0.25) is 9.69 Å². The van der Waals surface area contributed by atoms with Crippen LogP contribution in [-0.4, -0.2) is 31.0 Å². The molecule has 0 aromatic carbocycles. The van der Waals surface area contributed by atoms with Crippen LogP contribution >= 0.6 is 0 Å². The second-order valence-corrected chi connectivity index (χ2v) is 4.87. The van der Waals surface area contributed by atoms with E-state index in [4.69, 9.17) is 0 Å². The maximum atomic E-state index is 12.1. The Hall–Kier alpha value is -1.42. The molecule has 0 saturated carbocycles. The van der Waals surface area contributed by atoms with Crippen LogP contribution in [0.5, 0.6) is 0 Å². The van der Waals surface area contributed by atoms with E-state index in [9.17, 15) is 4.79 Å². The Labute approximate surface area is 108 Å². The number of hydrogen-bond acceptors (Lipinski definition) is 3. The van der Waals surface area contributed by atoms with E-state index in [2.05, 4.69) is 10.3 Å². The van der Waals surface area contributed by atoms with Crippen molar-refractivity contribution in [2.75, 3.05) is 25.0 Å². The second-order valence-electron chi connectivity index (χ2n) is 4.87. The lowest BCUT2D eigenvalue weighted by atomic mass is 9.93. The van der Waals surface area contributed by atoms with E-state index in [1.165, 1.54) is 12.8 Å². The first-order valence-electron chi connectivity index (χ1n) is 6.65. The minimum absolute atomic E-state index is 0.159. The molecule has 1 aliphatic rings. The average molecular weight is 247 g/mol. The molecule has 98 valence electrons. The largest absolute Gasteiger partial charge is 0.317 e. The number of piperidine rings is 1. The van der Waals surface area contributed by atoms with Crippen LogP contribution < -0.4 is 10.2 Å². The van der Waals surface area contributed by atoms with E-state index < -0.39 is 0 Å². The van der Waals surface area contributed by atoms with Crippen LogP contribution in [0.3, 0.4) is 0 Å². The van der Waals surface area contributed by atoms with E-state index in [1.54, 1.807) is 18.1 Å². The van der Waals surface area contributed by atoms with Crippen molar-refractivity contribution in [2.45, 2.75) is 25.7 Å². The van der Waals surface area contributed by atoms with E-state index in [0.29, 0.717) is 12.3 Å². The van der Waals surface area contributed by atoms with Crippen molar-refractivity contribution in [2.24, 2.45) is 5.92 Å². The van der Waals surface area contributed by atoms with Crippen molar-refractivity contribution >= 4 is 11.7 Å². The van der Waals surface area contributed by atoms with Crippen LogP contribution in [0.1, 0.15) is 25.7 Å². The van der Waals surface area contributed by atoms with Gasteiger partial charge in [0.25, 0.3) is 0 Å². The summed E-state index contributed by atoms with van der Waals surface area (Å²) >= 11 is 0. The Bertz CT molecular complexity index is 374. The fraction of sp³-hybridized carbons (Fsp3) is 0.571. The third kappa shape index (κ3) is 3.53. The molecule has 2 rings (SSSR count). The topological polar surface area (TPSA) is 45.2 Å². The summed E-state index contributed by atoms with van der Waals surface area (Å²) in [6.07, 6.45) is 5.72. The van der Waals surface area contributed by atoms with Crippen LogP contribution in [0.15, 0.2) is 24.4 Å². The lowest BCUT2D eigenvalue weighted by Gasteiger charge is -2.23. The highest BCUT2D eigenvalue weighted by Gasteiger charge is 2.17. The first-order valence-corrected chi connectivity index (χ1v) is 6.65. The summed E-state index contributed by atoms with van der Waals surface area (Å²) in [5.74, 6) is 1.59. The van der Waals surface area contributed by atoms with Crippen LogP contribution in [0.25, 0.3) is 0 Å². The normalized spacial score (nSPS) is 16.5. The summed E-state index contributed by atoms with van der Waals surface area (Å²) in [5.41, 5.74) is 0. The van der Waals surface area contributed by atoms with Gasteiger partial charge >= 0.3 is 0 Å². The smallest absolute Gasteiger partial charge is 0.227 e. The molecule has 1 amide bonds. The summed E-state index contributed by atoms with van der Waals surface area (Å²) in [6.45, 7) is 2.18. The van der Waals surface area contributed by atoms with Crippen LogP contribution in [0.2, 0.25) is 0 Å². The van der Waals surface area contributed by atoms with Gasteiger partial charge in [-0.15, -0.1) is 0 Å². The number of rotatable bonds is 4. The molecular formula is C14H21N3O. The van der Waals surface area contributed by atoms with Gasteiger partial charge in [0.05, 0.1) is 0 Å². The fourth-order valence-electron chi connectivity index (χ4n) is 2.35. The fourth-order valence-corrected chi connectivity index (χ4v) is 2.35. The van der Waals surface area contributed by atoms with Gasteiger partial charge in [0.2, 0.25) is 5.91 Å². The Morgan fingerprint density at radius 2 is 2.22 bits per heavy atom. The molecule has 18 heavy (non-hydrogen) atoms. The average Bonchev–Trinajstić information content (AvgIpc) is 2.46. The summed E-state index contributed by atoms with van der Waals surface area (Å²) < 4.78 is 0. The van der Waals surface area contributed by atoms with E-state index in [0.717, 1.165) is 25.3 Å². The third-order valence-electron chi connectivity index (χ3n) is 3.59. The molecular weight excluding hydrogens is 226 g/mol. The maximum absolute atomic E-state index is 12.1. The molecule has 4 nitrogen and oxygen atoms in total. The van der Waals surface area contributed by atoms with Gasteiger partial charge in [0.1, 0.15) is 5.82 Å². The standard InChI is InChI=1S/C14H21N3O/c1-17(13-4-2-3-9-16-13)14(18)6-5-12-7-10-15-11-8-12/h2-4,9,12,15H,5-8,10-11H2,1H3. The van der Waals surface area contributed by atoms with Crippen LogP contribution in [0, 0.1) is 5.92 Å². The lowest BCUT2D eigenvalue weighted by molar-refractivity contribution is -0.118. The molecule has 0 spiro atoms. The van der Waals surface area contributed by atoms with Gasteiger partial charge in [-0.1, -0.05) is 6.07 Å². The number of pyridine rings is 1. The predicted molar refractivity (Wildman–Crippen MR) is 72.5 cm³/mol. The van der Waals surface area contributed by atoms with E-state index in [1.807, 2.05) is 18.2 Å². The molecule has 1 aromatic rings. The number of amides is 1. The lowest BCUT2D eigenvalue weighted by Crippen LogP contribution is -2.30. The molecule has 0 unspecified atom stereocenters. The Morgan fingerprint density at radius 1 is 1.44 bits per heavy atom. The first-order chi connectivity index (χ1) is 8.77. The zero-order valence-corrected chi connectivity index (χ0v) is 10.9. The molecule has 4 heteroatoms. The van der Waals surface area contributed by atoms with Crippen LogP contribution in [-0.2, 0) is 4.79 Å². The monoisotopic (exact) mass is 247 g/mol. The number of carbonyl (C=O) groups is 1.